The van der Waals surface area contributed by atoms with Crippen molar-refractivity contribution in [1.29, 1.82) is 0 Å². The van der Waals surface area contributed by atoms with Crippen LogP contribution in [0.2, 0.25) is 0 Å². The standard InChI is InChI=1S/C19H22N4O3/c1-13(22-9-8-14-4-2-3-5-16(14)12-22)11-21-19(24)15-6-7-17(20)18(10-15)23(25)26/h2-7,10,13H,8-9,11-12,20H2,1H3,(H,21,24). The second-order valence-electron chi connectivity index (χ2n) is 6.58. The number of nitrogens with one attached hydrogen (secondary N) is 1. The lowest BCUT2D eigenvalue weighted by molar-refractivity contribution is -0.383. The third-order valence-electron chi connectivity index (χ3n) is 4.83. The van der Waals surface area contributed by atoms with Crippen LogP contribution in [0.3, 0.4) is 0 Å². The van der Waals surface area contributed by atoms with E-state index in [1.165, 1.54) is 29.3 Å². The Bertz CT molecular complexity index is 837. The molecular weight excluding hydrogens is 332 g/mol. The Morgan fingerprint density at radius 3 is 2.77 bits per heavy atom. The lowest BCUT2D eigenvalue weighted by Crippen LogP contribution is -2.44. The van der Waals surface area contributed by atoms with E-state index in [4.69, 9.17) is 5.73 Å². The number of carbonyl (C=O) groups excluding carboxylic acids is 1. The summed E-state index contributed by atoms with van der Waals surface area (Å²) in [6, 6.07) is 12.7. The van der Waals surface area contributed by atoms with Gasteiger partial charge in [0.05, 0.1) is 4.92 Å². The van der Waals surface area contributed by atoms with E-state index < -0.39 is 4.92 Å². The van der Waals surface area contributed by atoms with Gasteiger partial charge in [0.25, 0.3) is 11.6 Å². The van der Waals surface area contributed by atoms with Crippen LogP contribution in [0.5, 0.6) is 0 Å². The summed E-state index contributed by atoms with van der Waals surface area (Å²) in [6.45, 7) is 4.35. The minimum atomic E-state index is -0.583. The summed E-state index contributed by atoms with van der Waals surface area (Å²) in [5.74, 6) is -0.336. The summed E-state index contributed by atoms with van der Waals surface area (Å²) >= 11 is 0. The smallest absolute Gasteiger partial charge is 0.292 e. The number of carbonyl (C=O) groups is 1. The Kier molecular flexibility index (Phi) is 5.18. The highest BCUT2D eigenvalue weighted by Gasteiger charge is 2.21. The summed E-state index contributed by atoms with van der Waals surface area (Å²) < 4.78 is 0. The molecule has 26 heavy (non-hydrogen) atoms. The van der Waals surface area contributed by atoms with Crippen LogP contribution in [0.1, 0.15) is 28.4 Å². The first kappa shape index (κ1) is 17.9. The maximum Gasteiger partial charge on any atom is 0.292 e. The molecule has 0 bridgehead atoms. The Morgan fingerprint density at radius 2 is 2.04 bits per heavy atom. The van der Waals surface area contributed by atoms with Gasteiger partial charge in [-0.05, 0) is 36.6 Å². The van der Waals surface area contributed by atoms with Crippen molar-refractivity contribution in [2.45, 2.75) is 25.9 Å². The fraction of sp³-hybridized carbons (Fsp3) is 0.316. The maximum atomic E-state index is 12.3. The van der Waals surface area contributed by atoms with Crippen molar-refractivity contribution >= 4 is 17.3 Å². The van der Waals surface area contributed by atoms with Gasteiger partial charge in [-0.3, -0.25) is 19.8 Å². The molecule has 1 aliphatic heterocycles. The quantitative estimate of drug-likeness (QED) is 0.487. The molecule has 0 radical (unpaired) electrons. The number of benzene rings is 2. The highest BCUT2D eigenvalue weighted by atomic mass is 16.6. The molecule has 3 rings (SSSR count). The van der Waals surface area contributed by atoms with Crippen molar-refractivity contribution < 1.29 is 9.72 Å². The van der Waals surface area contributed by atoms with Crippen LogP contribution in [-0.4, -0.2) is 34.9 Å². The molecule has 7 nitrogen and oxygen atoms in total. The molecule has 0 aliphatic carbocycles. The number of rotatable bonds is 5. The molecule has 0 saturated carbocycles. The number of nitro benzene ring substituents is 1. The minimum absolute atomic E-state index is 0.0481. The van der Waals surface area contributed by atoms with Gasteiger partial charge < -0.3 is 11.1 Å². The van der Waals surface area contributed by atoms with Crippen LogP contribution in [0.25, 0.3) is 0 Å². The molecule has 2 aromatic carbocycles. The molecule has 0 fully saturated rings. The van der Waals surface area contributed by atoms with Gasteiger partial charge in [-0.2, -0.15) is 0 Å². The van der Waals surface area contributed by atoms with E-state index in [-0.39, 0.29) is 28.9 Å². The summed E-state index contributed by atoms with van der Waals surface area (Å²) in [5, 5.41) is 13.8. The molecular formula is C19H22N4O3. The summed E-state index contributed by atoms with van der Waals surface area (Å²) in [4.78, 5) is 25.0. The predicted octanol–water partition coefficient (Wildman–Crippen LogP) is 2.35. The van der Waals surface area contributed by atoms with Crippen molar-refractivity contribution in [2.24, 2.45) is 0 Å². The van der Waals surface area contributed by atoms with E-state index in [2.05, 4.69) is 35.3 Å². The average molecular weight is 354 g/mol. The fourth-order valence-electron chi connectivity index (χ4n) is 3.21. The van der Waals surface area contributed by atoms with Crippen LogP contribution < -0.4 is 11.1 Å². The third kappa shape index (κ3) is 3.83. The summed E-state index contributed by atoms with van der Waals surface area (Å²) in [7, 11) is 0. The molecule has 1 atom stereocenters. The zero-order valence-corrected chi connectivity index (χ0v) is 14.6. The van der Waals surface area contributed by atoms with Crippen LogP contribution in [0.4, 0.5) is 11.4 Å². The zero-order valence-electron chi connectivity index (χ0n) is 14.6. The van der Waals surface area contributed by atoms with Crippen LogP contribution in [-0.2, 0) is 13.0 Å². The summed E-state index contributed by atoms with van der Waals surface area (Å²) in [6.07, 6.45) is 0.999. The molecule has 136 valence electrons. The predicted molar refractivity (Wildman–Crippen MR) is 99.9 cm³/mol. The SMILES string of the molecule is CC(CNC(=O)c1ccc(N)c([N+](=O)[O-])c1)N1CCc2ccccc2C1. The number of nitrogen functional groups attached to an aromatic ring is 1. The number of amides is 1. The Hall–Kier alpha value is -2.93. The number of nitrogens with two attached hydrogens (primary N) is 1. The lowest BCUT2D eigenvalue weighted by Gasteiger charge is -2.33. The lowest BCUT2D eigenvalue weighted by atomic mass is 9.99. The normalized spacial score (nSPS) is 15.1. The van der Waals surface area contributed by atoms with Crippen LogP contribution in [0, 0.1) is 10.1 Å². The molecule has 3 N–H and O–H groups in total. The monoisotopic (exact) mass is 354 g/mol. The van der Waals surface area contributed by atoms with Crippen LogP contribution >= 0.6 is 0 Å². The first-order valence-corrected chi connectivity index (χ1v) is 8.58. The van der Waals surface area contributed by atoms with Gasteiger partial charge in [-0.15, -0.1) is 0 Å². The van der Waals surface area contributed by atoms with E-state index >= 15 is 0 Å². The van der Waals surface area contributed by atoms with Gasteiger partial charge >= 0.3 is 0 Å². The van der Waals surface area contributed by atoms with Gasteiger partial charge in [0.2, 0.25) is 0 Å². The van der Waals surface area contributed by atoms with Gasteiger partial charge in [-0.25, -0.2) is 0 Å². The molecule has 1 heterocycles. The Morgan fingerprint density at radius 1 is 1.31 bits per heavy atom. The molecule has 2 aromatic rings. The molecule has 0 spiro atoms. The van der Waals surface area contributed by atoms with Gasteiger partial charge in [-0.1, -0.05) is 24.3 Å². The van der Waals surface area contributed by atoms with Crippen molar-refractivity contribution in [3.05, 3.63) is 69.3 Å². The fourth-order valence-corrected chi connectivity index (χ4v) is 3.21. The molecule has 0 aromatic heterocycles. The van der Waals surface area contributed by atoms with E-state index in [9.17, 15) is 14.9 Å². The van der Waals surface area contributed by atoms with Crippen LogP contribution in [0.15, 0.2) is 42.5 Å². The van der Waals surface area contributed by atoms with Gasteiger partial charge in [0.15, 0.2) is 0 Å². The average Bonchev–Trinajstić information content (AvgIpc) is 2.65. The van der Waals surface area contributed by atoms with Crippen molar-refractivity contribution in [2.75, 3.05) is 18.8 Å². The van der Waals surface area contributed by atoms with Crippen molar-refractivity contribution in [1.82, 2.24) is 10.2 Å². The Balaban J connectivity index is 1.60. The Labute approximate surface area is 152 Å². The number of anilines is 1. The molecule has 1 aliphatic rings. The number of hydrogen-bond acceptors (Lipinski definition) is 5. The van der Waals surface area contributed by atoms with Gasteiger partial charge in [0, 0.05) is 37.3 Å². The number of fused-ring (bicyclic) bond motifs is 1. The second kappa shape index (κ2) is 7.53. The van der Waals surface area contributed by atoms with E-state index in [1.54, 1.807) is 0 Å². The van der Waals surface area contributed by atoms with E-state index in [0.29, 0.717) is 6.54 Å². The maximum absolute atomic E-state index is 12.3. The highest BCUT2D eigenvalue weighted by molar-refractivity contribution is 5.95. The van der Waals surface area contributed by atoms with E-state index in [0.717, 1.165) is 19.5 Å². The second-order valence-corrected chi connectivity index (χ2v) is 6.58. The topological polar surface area (TPSA) is 102 Å². The minimum Gasteiger partial charge on any atom is -0.393 e. The van der Waals surface area contributed by atoms with Gasteiger partial charge in [0.1, 0.15) is 5.69 Å². The first-order chi connectivity index (χ1) is 12.5. The number of nitro groups is 1. The van der Waals surface area contributed by atoms with E-state index in [1.807, 2.05) is 6.07 Å². The molecule has 0 saturated heterocycles. The molecule has 7 heteroatoms. The molecule has 1 unspecified atom stereocenters. The largest absolute Gasteiger partial charge is 0.393 e. The highest BCUT2D eigenvalue weighted by Crippen LogP contribution is 2.22. The number of hydrogen-bond donors (Lipinski definition) is 2. The summed E-state index contributed by atoms with van der Waals surface area (Å²) in [5.41, 5.74) is 8.31. The zero-order chi connectivity index (χ0) is 18.7. The van der Waals surface area contributed by atoms with Crippen molar-refractivity contribution in [3.63, 3.8) is 0 Å². The first-order valence-electron chi connectivity index (χ1n) is 8.58. The third-order valence-corrected chi connectivity index (χ3v) is 4.83. The van der Waals surface area contributed by atoms with Crippen molar-refractivity contribution in [3.8, 4) is 0 Å². The number of nitrogens with zero attached hydrogens (tertiary/aromatic N) is 2. The molecule has 1 amide bonds.